The number of hydrogen-bond acceptors (Lipinski definition) is 4. The van der Waals surface area contributed by atoms with Crippen LogP contribution < -0.4 is 0 Å². The van der Waals surface area contributed by atoms with Crippen LogP contribution in [-0.2, 0) is 6.18 Å². The smallest absolute Gasteiger partial charge is 0.210 e. The van der Waals surface area contributed by atoms with Gasteiger partial charge >= 0.3 is 6.18 Å². The van der Waals surface area contributed by atoms with E-state index in [1.165, 1.54) is 0 Å². The molecule has 102 valence electrons. The molecule has 0 fully saturated rings. The van der Waals surface area contributed by atoms with E-state index in [-0.39, 0.29) is 11.5 Å². The van der Waals surface area contributed by atoms with E-state index in [9.17, 15) is 13.2 Å². The van der Waals surface area contributed by atoms with Gasteiger partial charge in [0.2, 0.25) is 0 Å². The third-order valence-corrected chi connectivity index (χ3v) is 3.32. The summed E-state index contributed by atoms with van der Waals surface area (Å²) in [5.74, 6) is -0.187. The van der Waals surface area contributed by atoms with E-state index in [4.69, 9.17) is 0 Å². The number of benzene rings is 1. The van der Waals surface area contributed by atoms with Gasteiger partial charge in [0.15, 0.2) is 5.69 Å². The number of fused-ring (bicyclic) bond motifs is 1. The molecule has 0 aliphatic carbocycles. The quantitative estimate of drug-likeness (QED) is 0.599. The molecule has 0 aliphatic rings. The lowest BCUT2D eigenvalue weighted by atomic mass is 10.1. The Morgan fingerprint density at radius 3 is 2.45 bits per heavy atom. The van der Waals surface area contributed by atoms with Crippen LogP contribution in [0.2, 0.25) is 0 Å². The van der Waals surface area contributed by atoms with E-state index < -0.39 is 11.9 Å². The monoisotopic (exact) mass is 391 g/mol. The first kappa shape index (κ1) is 13.2. The summed E-state index contributed by atoms with van der Waals surface area (Å²) < 4.78 is 40.6. The molecule has 0 amide bonds. The van der Waals surface area contributed by atoms with Gasteiger partial charge in [-0.25, -0.2) is 4.98 Å². The summed E-state index contributed by atoms with van der Waals surface area (Å²) in [5, 5.41) is 10.0. The highest BCUT2D eigenvalue weighted by Gasteiger charge is 2.35. The summed E-state index contributed by atoms with van der Waals surface area (Å²) in [6.45, 7) is 0. The van der Waals surface area contributed by atoms with Crippen molar-refractivity contribution in [3.63, 3.8) is 0 Å². The molecule has 2 aromatic heterocycles. The number of alkyl halides is 3. The van der Waals surface area contributed by atoms with Gasteiger partial charge in [-0.3, -0.25) is 0 Å². The topological polar surface area (TPSA) is 56.0 Å². The normalized spacial score (nSPS) is 12.0. The molecule has 20 heavy (non-hydrogen) atoms. The van der Waals surface area contributed by atoms with Crippen LogP contribution in [0.3, 0.4) is 0 Å². The molecular formula is C11H5F3IN5. The van der Waals surface area contributed by atoms with Crippen molar-refractivity contribution in [2.45, 2.75) is 6.18 Å². The highest BCUT2D eigenvalue weighted by atomic mass is 127. The van der Waals surface area contributed by atoms with Gasteiger partial charge in [0, 0.05) is 9.13 Å². The highest BCUT2D eigenvalue weighted by molar-refractivity contribution is 14.1. The molecule has 0 radical (unpaired) electrons. The van der Waals surface area contributed by atoms with Crippen LogP contribution in [0.15, 0.2) is 30.3 Å². The van der Waals surface area contributed by atoms with Crippen molar-refractivity contribution in [1.29, 1.82) is 0 Å². The van der Waals surface area contributed by atoms with Gasteiger partial charge < -0.3 is 0 Å². The van der Waals surface area contributed by atoms with Gasteiger partial charge in [0.25, 0.3) is 5.78 Å². The molecule has 0 unspecified atom stereocenters. The Hall–Kier alpha value is -1.78. The van der Waals surface area contributed by atoms with Gasteiger partial charge in [-0.05, 0) is 51.2 Å². The molecule has 2 heterocycles. The average molecular weight is 391 g/mol. The van der Waals surface area contributed by atoms with Crippen molar-refractivity contribution >= 4 is 28.4 Å². The average Bonchev–Trinajstić information content (AvgIpc) is 2.85. The fraction of sp³-hybridized carbons (Fsp3) is 0.0909. The van der Waals surface area contributed by atoms with E-state index in [1.807, 2.05) is 0 Å². The van der Waals surface area contributed by atoms with Crippen molar-refractivity contribution in [3.05, 3.63) is 39.6 Å². The van der Waals surface area contributed by atoms with Crippen LogP contribution in [0.1, 0.15) is 5.69 Å². The SMILES string of the molecule is FC(F)(F)c1cc(-c2ccc(I)cc2)nc2nnnn12. The van der Waals surface area contributed by atoms with Crippen molar-refractivity contribution in [2.24, 2.45) is 0 Å². The lowest BCUT2D eigenvalue weighted by Gasteiger charge is -2.09. The van der Waals surface area contributed by atoms with Crippen LogP contribution in [0.4, 0.5) is 13.2 Å². The second kappa shape index (κ2) is 4.65. The van der Waals surface area contributed by atoms with E-state index in [1.54, 1.807) is 24.3 Å². The molecule has 3 aromatic rings. The van der Waals surface area contributed by atoms with Gasteiger partial charge in [0.1, 0.15) is 0 Å². The van der Waals surface area contributed by atoms with Gasteiger partial charge in [-0.2, -0.15) is 17.7 Å². The maximum Gasteiger partial charge on any atom is 0.433 e. The molecule has 0 bridgehead atoms. The van der Waals surface area contributed by atoms with E-state index >= 15 is 0 Å². The minimum absolute atomic E-state index is 0.177. The first-order valence-electron chi connectivity index (χ1n) is 5.37. The molecule has 0 saturated carbocycles. The number of nitrogens with zero attached hydrogens (tertiary/aromatic N) is 5. The third-order valence-electron chi connectivity index (χ3n) is 2.61. The summed E-state index contributed by atoms with van der Waals surface area (Å²) in [6.07, 6.45) is -4.56. The third kappa shape index (κ3) is 2.32. The molecule has 0 spiro atoms. The summed E-state index contributed by atoms with van der Waals surface area (Å²) >= 11 is 2.11. The maximum atomic E-state index is 13.0. The van der Waals surface area contributed by atoms with Crippen molar-refractivity contribution < 1.29 is 13.2 Å². The Balaban J connectivity index is 2.24. The Kier molecular flexibility index (Phi) is 3.07. The largest absolute Gasteiger partial charge is 0.433 e. The summed E-state index contributed by atoms with van der Waals surface area (Å²) in [4.78, 5) is 4.03. The maximum absolute atomic E-state index is 13.0. The Labute approximate surface area is 124 Å². The number of aromatic nitrogens is 5. The second-order valence-corrected chi connectivity index (χ2v) is 5.17. The summed E-state index contributed by atoms with van der Waals surface area (Å²) in [5.41, 5.74) is -0.210. The van der Waals surface area contributed by atoms with E-state index in [0.29, 0.717) is 10.1 Å². The van der Waals surface area contributed by atoms with Crippen LogP contribution >= 0.6 is 22.6 Å². The number of rotatable bonds is 1. The molecule has 5 nitrogen and oxygen atoms in total. The van der Waals surface area contributed by atoms with E-state index in [0.717, 1.165) is 9.64 Å². The molecule has 0 atom stereocenters. The van der Waals surface area contributed by atoms with Crippen molar-refractivity contribution in [2.75, 3.05) is 0 Å². The first-order valence-corrected chi connectivity index (χ1v) is 6.45. The van der Waals surface area contributed by atoms with Crippen LogP contribution in [0, 0.1) is 3.57 Å². The number of tetrazole rings is 1. The molecular weight excluding hydrogens is 386 g/mol. The summed E-state index contributed by atoms with van der Waals surface area (Å²) in [7, 11) is 0. The number of halogens is 4. The van der Waals surface area contributed by atoms with Crippen LogP contribution in [0.25, 0.3) is 17.0 Å². The molecule has 3 rings (SSSR count). The predicted molar refractivity (Wildman–Crippen MR) is 71.7 cm³/mol. The molecule has 1 aromatic carbocycles. The molecule has 0 N–H and O–H groups in total. The van der Waals surface area contributed by atoms with Crippen LogP contribution in [0.5, 0.6) is 0 Å². The molecule has 0 saturated heterocycles. The minimum atomic E-state index is -4.56. The highest BCUT2D eigenvalue weighted by Crippen LogP contribution is 2.31. The first-order chi connectivity index (χ1) is 9.45. The number of hydrogen-bond donors (Lipinski definition) is 0. The zero-order chi connectivity index (χ0) is 14.3. The lowest BCUT2D eigenvalue weighted by Crippen LogP contribution is -2.13. The fourth-order valence-electron chi connectivity index (χ4n) is 1.71. The van der Waals surface area contributed by atoms with Gasteiger partial charge in [-0.1, -0.05) is 17.2 Å². The second-order valence-electron chi connectivity index (χ2n) is 3.92. The Bertz CT molecular complexity index is 766. The Morgan fingerprint density at radius 1 is 1.10 bits per heavy atom. The molecule has 0 aliphatic heterocycles. The fourth-order valence-corrected chi connectivity index (χ4v) is 2.07. The van der Waals surface area contributed by atoms with Gasteiger partial charge in [-0.15, -0.1) is 0 Å². The van der Waals surface area contributed by atoms with Crippen molar-refractivity contribution in [3.8, 4) is 11.3 Å². The lowest BCUT2D eigenvalue weighted by molar-refractivity contribution is -0.142. The standard InChI is InChI=1S/C11H5F3IN5/c12-11(13,14)9-5-8(6-1-3-7(15)4-2-6)16-10-17-18-19-20(9)10/h1-5H. The van der Waals surface area contributed by atoms with Crippen molar-refractivity contribution in [1.82, 2.24) is 25.0 Å². The Morgan fingerprint density at radius 2 is 1.80 bits per heavy atom. The summed E-state index contributed by atoms with van der Waals surface area (Å²) in [6, 6.07) is 7.91. The zero-order valence-electron chi connectivity index (χ0n) is 9.63. The molecule has 9 heteroatoms. The zero-order valence-corrected chi connectivity index (χ0v) is 11.8. The predicted octanol–water partition coefficient (Wildman–Crippen LogP) is 2.81. The van der Waals surface area contributed by atoms with Crippen LogP contribution in [-0.4, -0.2) is 25.0 Å². The van der Waals surface area contributed by atoms with E-state index in [2.05, 4.69) is 43.1 Å². The van der Waals surface area contributed by atoms with Gasteiger partial charge in [0.05, 0.1) is 5.69 Å². The minimum Gasteiger partial charge on any atom is -0.210 e.